The number of benzene rings is 1. The highest BCUT2D eigenvalue weighted by Crippen LogP contribution is 2.26. The molecule has 0 saturated carbocycles. The van der Waals surface area contributed by atoms with Crippen molar-refractivity contribution in [2.45, 2.75) is 56.4 Å². The van der Waals surface area contributed by atoms with Gasteiger partial charge in [-0.25, -0.2) is 8.42 Å². The van der Waals surface area contributed by atoms with Gasteiger partial charge in [0.05, 0.1) is 4.90 Å². The van der Waals surface area contributed by atoms with E-state index in [4.69, 9.17) is 0 Å². The number of sulfonamides is 1. The zero-order valence-electron chi connectivity index (χ0n) is 16.8. The van der Waals surface area contributed by atoms with E-state index in [1.54, 1.807) is 30.3 Å². The van der Waals surface area contributed by atoms with Gasteiger partial charge in [-0.05, 0) is 69.7 Å². The fraction of sp³-hybridized carbons (Fsp3) is 0.667. The molecule has 1 aromatic carbocycles. The number of amides is 1. The van der Waals surface area contributed by atoms with Gasteiger partial charge in [-0.15, -0.1) is 0 Å². The molecule has 156 valence electrons. The van der Waals surface area contributed by atoms with E-state index >= 15 is 0 Å². The minimum Gasteiger partial charge on any atom is -0.355 e. The zero-order chi connectivity index (χ0) is 20.0. The van der Waals surface area contributed by atoms with Crippen molar-refractivity contribution in [1.29, 1.82) is 0 Å². The van der Waals surface area contributed by atoms with Crippen LogP contribution in [0.3, 0.4) is 0 Å². The second-order valence-corrected chi connectivity index (χ2v) is 10.0. The summed E-state index contributed by atoms with van der Waals surface area (Å²) in [5.41, 5.74) is 0. The van der Waals surface area contributed by atoms with Crippen LogP contribution in [0.15, 0.2) is 35.2 Å². The molecule has 6 nitrogen and oxygen atoms in total. The third-order valence-corrected chi connectivity index (χ3v) is 7.72. The van der Waals surface area contributed by atoms with Crippen LogP contribution in [0.5, 0.6) is 0 Å². The smallest absolute Gasteiger partial charge is 0.243 e. The van der Waals surface area contributed by atoms with E-state index in [2.05, 4.69) is 17.1 Å². The topological polar surface area (TPSA) is 69.7 Å². The summed E-state index contributed by atoms with van der Waals surface area (Å²) in [4.78, 5) is 15.4. The molecule has 0 aliphatic carbocycles. The largest absolute Gasteiger partial charge is 0.355 e. The molecule has 28 heavy (non-hydrogen) atoms. The highest BCUT2D eigenvalue weighted by molar-refractivity contribution is 7.89. The SMILES string of the molecule is CC1CCCN(CCCCNC(=O)C2CCCN2S(=O)(=O)c2ccccc2)C1. The van der Waals surface area contributed by atoms with Crippen molar-refractivity contribution >= 4 is 15.9 Å². The van der Waals surface area contributed by atoms with Crippen LogP contribution in [0.25, 0.3) is 0 Å². The van der Waals surface area contributed by atoms with E-state index in [-0.39, 0.29) is 10.8 Å². The lowest BCUT2D eigenvalue weighted by Gasteiger charge is -2.30. The number of likely N-dealkylation sites (tertiary alicyclic amines) is 1. The molecule has 2 aliphatic heterocycles. The number of piperidine rings is 1. The molecule has 1 N–H and O–H groups in total. The van der Waals surface area contributed by atoms with Crippen molar-refractivity contribution in [2.75, 3.05) is 32.7 Å². The number of hydrogen-bond acceptors (Lipinski definition) is 4. The third kappa shape index (κ3) is 5.33. The maximum atomic E-state index is 12.9. The minimum atomic E-state index is -3.62. The summed E-state index contributed by atoms with van der Waals surface area (Å²) in [6.07, 6.45) is 5.90. The van der Waals surface area contributed by atoms with Crippen molar-refractivity contribution in [2.24, 2.45) is 5.92 Å². The number of rotatable bonds is 8. The molecule has 2 fully saturated rings. The Bertz CT molecular complexity index is 739. The lowest BCUT2D eigenvalue weighted by atomic mass is 10.0. The number of unbranched alkanes of at least 4 members (excludes halogenated alkanes) is 1. The van der Waals surface area contributed by atoms with Crippen LogP contribution in [0, 0.1) is 5.92 Å². The normalized spacial score (nSPS) is 24.3. The van der Waals surface area contributed by atoms with Crippen molar-refractivity contribution in [3.63, 3.8) is 0 Å². The Morgan fingerprint density at radius 3 is 2.61 bits per heavy atom. The van der Waals surface area contributed by atoms with E-state index < -0.39 is 16.1 Å². The van der Waals surface area contributed by atoms with Crippen molar-refractivity contribution in [3.8, 4) is 0 Å². The molecule has 2 atom stereocenters. The molecule has 0 aromatic heterocycles. The highest BCUT2D eigenvalue weighted by Gasteiger charge is 2.39. The number of carbonyl (C=O) groups is 1. The molecular formula is C21H33N3O3S. The van der Waals surface area contributed by atoms with Gasteiger partial charge >= 0.3 is 0 Å². The second kappa shape index (κ2) is 9.85. The quantitative estimate of drug-likeness (QED) is 0.672. The Labute approximate surface area is 169 Å². The van der Waals surface area contributed by atoms with Gasteiger partial charge in [0.15, 0.2) is 0 Å². The van der Waals surface area contributed by atoms with Crippen molar-refractivity contribution in [3.05, 3.63) is 30.3 Å². The van der Waals surface area contributed by atoms with Crippen molar-refractivity contribution < 1.29 is 13.2 Å². The van der Waals surface area contributed by atoms with E-state index in [0.29, 0.717) is 19.5 Å². The molecule has 7 heteroatoms. The molecule has 2 heterocycles. The first kappa shape index (κ1) is 21.3. The maximum absolute atomic E-state index is 12.9. The predicted molar refractivity (Wildman–Crippen MR) is 110 cm³/mol. The summed E-state index contributed by atoms with van der Waals surface area (Å²) < 4.78 is 27.1. The molecule has 2 unspecified atom stereocenters. The zero-order valence-corrected chi connectivity index (χ0v) is 17.7. The van der Waals surface area contributed by atoms with E-state index in [1.807, 2.05) is 0 Å². The lowest BCUT2D eigenvalue weighted by Crippen LogP contribution is -2.46. The van der Waals surface area contributed by atoms with E-state index in [0.717, 1.165) is 31.7 Å². The van der Waals surface area contributed by atoms with Crippen LogP contribution in [0.4, 0.5) is 0 Å². The Kier molecular flexibility index (Phi) is 7.48. The first-order valence-electron chi connectivity index (χ1n) is 10.6. The molecule has 0 radical (unpaired) electrons. The number of nitrogens with zero attached hydrogens (tertiary/aromatic N) is 2. The first-order chi connectivity index (χ1) is 13.5. The summed E-state index contributed by atoms with van der Waals surface area (Å²) in [5.74, 6) is 0.622. The molecule has 1 amide bonds. The molecular weight excluding hydrogens is 374 g/mol. The molecule has 0 bridgehead atoms. The lowest BCUT2D eigenvalue weighted by molar-refractivity contribution is -0.124. The summed E-state index contributed by atoms with van der Waals surface area (Å²) in [5, 5.41) is 2.96. The number of hydrogen-bond donors (Lipinski definition) is 1. The molecule has 2 aliphatic rings. The number of nitrogens with one attached hydrogen (secondary N) is 1. The Morgan fingerprint density at radius 2 is 1.86 bits per heavy atom. The molecule has 2 saturated heterocycles. The van der Waals surface area contributed by atoms with Gasteiger partial charge in [0, 0.05) is 19.6 Å². The van der Waals surface area contributed by atoms with Crippen LogP contribution in [-0.4, -0.2) is 62.3 Å². The van der Waals surface area contributed by atoms with Gasteiger partial charge in [0.2, 0.25) is 15.9 Å². The summed E-state index contributed by atoms with van der Waals surface area (Å²) in [6, 6.07) is 7.79. The van der Waals surface area contributed by atoms with Crippen LogP contribution >= 0.6 is 0 Å². The number of carbonyl (C=O) groups excluding carboxylic acids is 1. The van der Waals surface area contributed by atoms with Crippen LogP contribution in [0.2, 0.25) is 0 Å². The third-order valence-electron chi connectivity index (χ3n) is 5.80. The van der Waals surface area contributed by atoms with Crippen LogP contribution < -0.4 is 5.32 Å². The first-order valence-corrected chi connectivity index (χ1v) is 12.0. The van der Waals surface area contributed by atoms with E-state index in [1.165, 1.54) is 30.2 Å². The van der Waals surface area contributed by atoms with Gasteiger partial charge in [-0.3, -0.25) is 4.79 Å². The van der Waals surface area contributed by atoms with Crippen LogP contribution in [-0.2, 0) is 14.8 Å². The average Bonchev–Trinajstić information content (AvgIpc) is 3.19. The summed E-state index contributed by atoms with van der Waals surface area (Å²) >= 11 is 0. The fourth-order valence-electron chi connectivity index (χ4n) is 4.30. The predicted octanol–water partition coefficient (Wildman–Crippen LogP) is 2.47. The molecule has 1 aromatic rings. The minimum absolute atomic E-state index is 0.163. The summed E-state index contributed by atoms with van der Waals surface area (Å²) in [7, 11) is -3.62. The van der Waals surface area contributed by atoms with Gasteiger partial charge < -0.3 is 10.2 Å². The molecule has 3 rings (SSSR count). The van der Waals surface area contributed by atoms with E-state index in [9.17, 15) is 13.2 Å². The summed E-state index contributed by atoms with van der Waals surface area (Å²) in [6.45, 7) is 6.77. The average molecular weight is 408 g/mol. The van der Waals surface area contributed by atoms with Crippen LogP contribution in [0.1, 0.15) is 45.4 Å². The van der Waals surface area contributed by atoms with Gasteiger partial charge in [-0.2, -0.15) is 4.31 Å². The van der Waals surface area contributed by atoms with Crippen molar-refractivity contribution in [1.82, 2.24) is 14.5 Å². The van der Waals surface area contributed by atoms with Gasteiger partial charge in [0.1, 0.15) is 6.04 Å². The Hall–Kier alpha value is -1.44. The monoisotopic (exact) mass is 407 g/mol. The second-order valence-electron chi connectivity index (χ2n) is 8.13. The Morgan fingerprint density at radius 1 is 1.11 bits per heavy atom. The highest BCUT2D eigenvalue weighted by atomic mass is 32.2. The molecule has 0 spiro atoms. The maximum Gasteiger partial charge on any atom is 0.243 e. The Balaban J connectivity index is 1.45. The fourth-order valence-corrected chi connectivity index (χ4v) is 5.97. The standard InChI is InChI=1S/C21H33N3O3S/c1-18-9-7-15-23(17-18)14-6-5-13-22-21(25)20-12-8-16-24(20)28(26,27)19-10-3-2-4-11-19/h2-4,10-11,18,20H,5-9,12-17H2,1H3,(H,22,25). The van der Waals surface area contributed by atoms with Gasteiger partial charge in [0.25, 0.3) is 0 Å². The van der Waals surface area contributed by atoms with Gasteiger partial charge in [-0.1, -0.05) is 25.1 Å².